The van der Waals surface area contributed by atoms with Gasteiger partial charge in [0.15, 0.2) is 0 Å². The molecule has 1 amide bonds. The number of amides is 1. The van der Waals surface area contributed by atoms with Gasteiger partial charge in [0.1, 0.15) is 11.5 Å². The smallest absolute Gasteiger partial charge is 0.228 e. The summed E-state index contributed by atoms with van der Waals surface area (Å²) in [7, 11) is 0. The fraction of sp³-hybridized carbons (Fsp3) is 0.167. The summed E-state index contributed by atoms with van der Waals surface area (Å²) in [6.45, 7) is 0.577. The average molecular weight is 292 g/mol. The minimum atomic E-state index is -0.00166. The zero-order chi connectivity index (χ0) is 15.5. The molecule has 4 nitrogen and oxygen atoms in total. The van der Waals surface area contributed by atoms with E-state index in [1.807, 2.05) is 36.4 Å². The van der Waals surface area contributed by atoms with E-state index in [0.717, 1.165) is 5.69 Å². The molecule has 0 aromatic heterocycles. The lowest BCUT2D eigenvalue weighted by molar-refractivity contribution is -0.117. The van der Waals surface area contributed by atoms with Crippen molar-refractivity contribution < 1.29 is 9.53 Å². The summed E-state index contributed by atoms with van der Waals surface area (Å²) in [4.78, 5) is 13.7. The van der Waals surface area contributed by atoms with Crippen LogP contribution in [0.5, 0.6) is 11.5 Å². The number of carbonyl (C=O) groups excluding carboxylic acids is 1. The molecule has 0 aliphatic carbocycles. The summed E-state index contributed by atoms with van der Waals surface area (Å²) in [6.07, 6.45) is 5.82. The fourth-order valence-corrected chi connectivity index (χ4v) is 2.43. The number of nitrogen functional groups attached to an aromatic ring is 1. The maximum atomic E-state index is 11.9. The molecule has 1 atom stereocenters. The first-order chi connectivity index (χ1) is 10.7. The summed E-state index contributed by atoms with van der Waals surface area (Å²) in [5, 5.41) is 0. The number of terminal acetylenes is 1. The molecule has 110 valence electrons. The van der Waals surface area contributed by atoms with Crippen LogP contribution in [0.3, 0.4) is 0 Å². The topological polar surface area (TPSA) is 55.6 Å². The predicted octanol–water partition coefficient (Wildman–Crippen LogP) is 3.05. The van der Waals surface area contributed by atoms with E-state index in [4.69, 9.17) is 16.9 Å². The van der Waals surface area contributed by atoms with E-state index in [2.05, 4.69) is 5.92 Å². The molecule has 1 fully saturated rings. The van der Waals surface area contributed by atoms with E-state index in [0.29, 0.717) is 30.2 Å². The molecule has 22 heavy (non-hydrogen) atoms. The fourth-order valence-electron chi connectivity index (χ4n) is 2.43. The number of carbonyl (C=O) groups is 1. The zero-order valence-electron chi connectivity index (χ0n) is 12.0. The van der Waals surface area contributed by atoms with E-state index >= 15 is 0 Å². The van der Waals surface area contributed by atoms with Crippen LogP contribution in [-0.2, 0) is 4.79 Å². The van der Waals surface area contributed by atoms with Crippen molar-refractivity contribution >= 4 is 17.3 Å². The van der Waals surface area contributed by atoms with Gasteiger partial charge in [0, 0.05) is 30.3 Å². The molecule has 2 N–H and O–H groups in total. The number of hydrogen-bond donors (Lipinski definition) is 1. The molecular weight excluding hydrogens is 276 g/mol. The molecule has 2 aromatic carbocycles. The van der Waals surface area contributed by atoms with Gasteiger partial charge in [-0.15, -0.1) is 12.3 Å². The lowest BCUT2D eigenvalue weighted by atomic mass is 10.1. The van der Waals surface area contributed by atoms with Crippen molar-refractivity contribution in [2.45, 2.75) is 6.42 Å². The first kappa shape index (κ1) is 14.0. The Balaban J connectivity index is 1.72. The molecule has 0 bridgehead atoms. The third-order valence-electron chi connectivity index (χ3n) is 3.62. The van der Waals surface area contributed by atoms with Crippen LogP contribution in [0, 0.1) is 18.3 Å². The largest absolute Gasteiger partial charge is 0.457 e. The number of nitrogens with two attached hydrogens (primary N) is 1. The van der Waals surface area contributed by atoms with Crippen LogP contribution < -0.4 is 15.4 Å². The third-order valence-corrected chi connectivity index (χ3v) is 3.62. The van der Waals surface area contributed by atoms with Crippen molar-refractivity contribution in [3.8, 4) is 23.8 Å². The van der Waals surface area contributed by atoms with Crippen molar-refractivity contribution in [2.24, 2.45) is 5.92 Å². The summed E-state index contributed by atoms with van der Waals surface area (Å²) >= 11 is 0. The molecule has 1 saturated heterocycles. The van der Waals surface area contributed by atoms with Crippen molar-refractivity contribution in [1.82, 2.24) is 0 Å². The first-order valence-corrected chi connectivity index (χ1v) is 7.05. The highest BCUT2D eigenvalue weighted by Crippen LogP contribution is 2.28. The molecule has 1 heterocycles. The molecule has 0 spiro atoms. The quantitative estimate of drug-likeness (QED) is 0.699. The van der Waals surface area contributed by atoms with Gasteiger partial charge in [-0.3, -0.25) is 4.79 Å². The Kier molecular flexibility index (Phi) is 3.71. The lowest BCUT2D eigenvalue weighted by Gasteiger charge is -2.16. The van der Waals surface area contributed by atoms with Gasteiger partial charge in [-0.2, -0.15) is 0 Å². The Morgan fingerprint density at radius 3 is 2.23 bits per heavy atom. The highest BCUT2D eigenvalue weighted by Gasteiger charge is 2.29. The second-order valence-electron chi connectivity index (χ2n) is 5.24. The van der Waals surface area contributed by atoms with Gasteiger partial charge in [-0.1, -0.05) is 0 Å². The Hall–Kier alpha value is -2.93. The van der Waals surface area contributed by atoms with E-state index in [-0.39, 0.29) is 11.8 Å². The summed E-state index contributed by atoms with van der Waals surface area (Å²) < 4.78 is 5.73. The Morgan fingerprint density at radius 2 is 1.68 bits per heavy atom. The first-order valence-electron chi connectivity index (χ1n) is 7.05. The minimum Gasteiger partial charge on any atom is -0.457 e. The van der Waals surface area contributed by atoms with Crippen LogP contribution in [0.1, 0.15) is 6.42 Å². The van der Waals surface area contributed by atoms with Crippen LogP contribution in [0.25, 0.3) is 0 Å². The Labute approximate surface area is 129 Å². The molecule has 1 aliphatic heterocycles. The maximum Gasteiger partial charge on any atom is 0.228 e. The molecule has 2 aromatic rings. The van der Waals surface area contributed by atoms with Crippen LogP contribution in [0.15, 0.2) is 48.5 Å². The maximum absolute atomic E-state index is 11.9. The van der Waals surface area contributed by atoms with E-state index in [9.17, 15) is 4.79 Å². The van der Waals surface area contributed by atoms with Crippen LogP contribution in [-0.4, -0.2) is 12.5 Å². The third kappa shape index (κ3) is 2.89. The van der Waals surface area contributed by atoms with E-state index in [1.54, 1.807) is 17.0 Å². The lowest BCUT2D eigenvalue weighted by Crippen LogP contribution is -2.24. The van der Waals surface area contributed by atoms with Gasteiger partial charge in [0.2, 0.25) is 5.91 Å². The van der Waals surface area contributed by atoms with Gasteiger partial charge < -0.3 is 15.4 Å². The highest BCUT2D eigenvalue weighted by atomic mass is 16.5. The number of ether oxygens (including phenoxy) is 1. The van der Waals surface area contributed by atoms with Crippen molar-refractivity contribution in [2.75, 3.05) is 17.2 Å². The number of hydrogen-bond acceptors (Lipinski definition) is 3. The molecule has 0 saturated carbocycles. The standard InChI is InChI=1S/C18H16N2O2/c1-2-13-11-18(21)20(12-13)15-5-9-17(10-6-15)22-16-7-3-14(19)4-8-16/h1,3-10,13H,11-12,19H2. The predicted molar refractivity (Wildman–Crippen MR) is 86.7 cm³/mol. The number of nitrogens with zero attached hydrogens (tertiary/aromatic N) is 1. The summed E-state index contributed by atoms with van der Waals surface area (Å²) in [5.41, 5.74) is 7.17. The van der Waals surface area contributed by atoms with Crippen molar-refractivity contribution in [1.29, 1.82) is 0 Å². The van der Waals surface area contributed by atoms with Crippen LogP contribution >= 0.6 is 0 Å². The van der Waals surface area contributed by atoms with E-state index in [1.165, 1.54) is 0 Å². The summed E-state index contributed by atoms with van der Waals surface area (Å²) in [6, 6.07) is 14.6. The SMILES string of the molecule is C#CC1CC(=O)N(c2ccc(Oc3ccc(N)cc3)cc2)C1. The van der Waals surface area contributed by atoms with Gasteiger partial charge in [-0.25, -0.2) is 0 Å². The number of benzene rings is 2. The summed E-state index contributed by atoms with van der Waals surface area (Å²) in [5.74, 6) is 4.13. The molecule has 1 unspecified atom stereocenters. The molecule has 1 aliphatic rings. The van der Waals surface area contributed by atoms with Gasteiger partial charge in [-0.05, 0) is 48.5 Å². The zero-order valence-corrected chi connectivity index (χ0v) is 12.0. The second kappa shape index (κ2) is 5.82. The second-order valence-corrected chi connectivity index (χ2v) is 5.24. The van der Waals surface area contributed by atoms with Crippen molar-refractivity contribution in [3.63, 3.8) is 0 Å². The Morgan fingerprint density at radius 1 is 1.09 bits per heavy atom. The molecular formula is C18H16N2O2. The monoisotopic (exact) mass is 292 g/mol. The average Bonchev–Trinajstić information content (AvgIpc) is 2.91. The van der Waals surface area contributed by atoms with Crippen LogP contribution in [0.2, 0.25) is 0 Å². The van der Waals surface area contributed by atoms with Gasteiger partial charge in [0.25, 0.3) is 0 Å². The van der Waals surface area contributed by atoms with Crippen LogP contribution in [0.4, 0.5) is 11.4 Å². The minimum absolute atomic E-state index is 0.00166. The molecule has 4 heteroatoms. The normalized spacial score (nSPS) is 17.3. The van der Waals surface area contributed by atoms with Crippen molar-refractivity contribution in [3.05, 3.63) is 48.5 Å². The van der Waals surface area contributed by atoms with Gasteiger partial charge in [0.05, 0.1) is 0 Å². The molecule has 0 radical (unpaired) electrons. The number of anilines is 2. The Bertz CT molecular complexity index is 714. The highest BCUT2D eigenvalue weighted by molar-refractivity contribution is 5.96. The molecule has 3 rings (SSSR count). The van der Waals surface area contributed by atoms with E-state index < -0.39 is 0 Å². The number of rotatable bonds is 3. The van der Waals surface area contributed by atoms with Gasteiger partial charge >= 0.3 is 0 Å².